The van der Waals surface area contributed by atoms with Crippen LogP contribution in [0.4, 0.5) is 0 Å². The molecule has 2 heteroatoms. The van der Waals surface area contributed by atoms with Crippen molar-refractivity contribution in [1.82, 2.24) is 4.98 Å². The second-order valence-electron chi connectivity index (χ2n) is 6.77. The number of aromatic nitrogens is 1. The fraction of sp³-hybridized carbons (Fsp3) is 0.706. The van der Waals surface area contributed by atoms with Crippen LogP contribution in [0.2, 0.25) is 0 Å². The highest BCUT2D eigenvalue weighted by atomic mass is 16.3. The molecule has 2 aliphatic rings. The van der Waals surface area contributed by atoms with Gasteiger partial charge in [0.25, 0.3) is 0 Å². The van der Waals surface area contributed by atoms with Gasteiger partial charge >= 0.3 is 0 Å². The number of pyridine rings is 1. The minimum atomic E-state index is -0.540. The molecule has 0 saturated heterocycles. The van der Waals surface area contributed by atoms with Crippen molar-refractivity contribution in [3.63, 3.8) is 0 Å². The molecule has 104 valence electrons. The van der Waals surface area contributed by atoms with Crippen LogP contribution < -0.4 is 0 Å². The van der Waals surface area contributed by atoms with Crippen LogP contribution in [0, 0.1) is 11.8 Å². The van der Waals surface area contributed by atoms with Crippen molar-refractivity contribution >= 4 is 0 Å². The van der Waals surface area contributed by atoms with E-state index in [9.17, 15) is 5.11 Å². The average Bonchev–Trinajstić information content (AvgIpc) is 2.42. The molecule has 1 heterocycles. The summed E-state index contributed by atoms with van der Waals surface area (Å²) in [7, 11) is 0. The van der Waals surface area contributed by atoms with Crippen LogP contribution in [0.15, 0.2) is 18.3 Å². The summed E-state index contributed by atoms with van der Waals surface area (Å²) >= 11 is 0. The number of aryl methyl sites for hydroxylation is 1. The molecule has 1 N–H and O–H groups in total. The highest BCUT2D eigenvalue weighted by molar-refractivity contribution is 5.29. The normalized spacial score (nSPS) is 38.8. The van der Waals surface area contributed by atoms with E-state index in [0.29, 0.717) is 11.8 Å². The number of fused-ring (bicyclic) bond motifs is 1. The maximum absolute atomic E-state index is 11.3. The van der Waals surface area contributed by atoms with Crippen molar-refractivity contribution in [2.75, 3.05) is 0 Å². The van der Waals surface area contributed by atoms with Gasteiger partial charge in [-0.2, -0.15) is 0 Å². The molecule has 4 unspecified atom stereocenters. The van der Waals surface area contributed by atoms with Crippen LogP contribution in [-0.4, -0.2) is 15.7 Å². The quantitative estimate of drug-likeness (QED) is 0.834. The van der Waals surface area contributed by atoms with Gasteiger partial charge in [-0.05, 0) is 55.6 Å². The van der Waals surface area contributed by atoms with Gasteiger partial charge in [-0.25, -0.2) is 0 Å². The van der Waals surface area contributed by atoms with E-state index in [1.54, 1.807) is 0 Å². The third kappa shape index (κ3) is 2.20. The topological polar surface area (TPSA) is 33.1 Å². The first kappa shape index (κ1) is 13.1. The molecule has 2 nitrogen and oxygen atoms in total. The Morgan fingerprint density at radius 2 is 2.11 bits per heavy atom. The van der Waals surface area contributed by atoms with Crippen LogP contribution in [0.25, 0.3) is 0 Å². The highest BCUT2D eigenvalue weighted by Crippen LogP contribution is 2.49. The summed E-state index contributed by atoms with van der Waals surface area (Å²) in [6.45, 7) is 4.50. The lowest BCUT2D eigenvalue weighted by Gasteiger charge is -2.47. The van der Waals surface area contributed by atoms with Gasteiger partial charge in [0.1, 0.15) is 0 Å². The van der Waals surface area contributed by atoms with E-state index in [1.807, 2.05) is 12.3 Å². The molecule has 19 heavy (non-hydrogen) atoms. The number of hydrogen-bond acceptors (Lipinski definition) is 2. The molecular formula is C17H25NO. The second kappa shape index (κ2) is 4.90. The summed E-state index contributed by atoms with van der Waals surface area (Å²) in [5, 5.41) is 11.3. The molecular weight excluding hydrogens is 234 g/mol. The number of nitrogens with zero attached hydrogens (tertiary/aromatic N) is 1. The van der Waals surface area contributed by atoms with Gasteiger partial charge in [0.05, 0.1) is 5.60 Å². The first-order valence-electron chi connectivity index (χ1n) is 7.77. The summed E-state index contributed by atoms with van der Waals surface area (Å²) in [6, 6.07) is 4.22. The Labute approximate surface area is 116 Å². The largest absolute Gasteiger partial charge is 0.389 e. The van der Waals surface area contributed by atoms with Crippen molar-refractivity contribution in [3.05, 3.63) is 29.6 Å². The maximum Gasteiger partial charge on any atom is 0.0759 e. The first-order valence-corrected chi connectivity index (χ1v) is 7.77. The molecule has 1 aromatic rings. The molecule has 2 aliphatic carbocycles. The van der Waals surface area contributed by atoms with E-state index in [4.69, 9.17) is 0 Å². The summed E-state index contributed by atoms with van der Waals surface area (Å²) in [6.07, 6.45) is 8.64. The van der Waals surface area contributed by atoms with E-state index >= 15 is 0 Å². The molecule has 4 atom stereocenters. The lowest BCUT2D eigenvalue weighted by atomic mass is 9.62. The first-order chi connectivity index (χ1) is 9.11. The van der Waals surface area contributed by atoms with Crippen LogP contribution >= 0.6 is 0 Å². The molecule has 0 bridgehead atoms. The van der Waals surface area contributed by atoms with Gasteiger partial charge in [0, 0.05) is 17.8 Å². The Balaban J connectivity index is 1.97. The Morgan fingerprint density at radius 3 is 2.95 bits per heavy atom. The Kier molecular flexibility index (Phi) is 3.38. The molecule has 0 amide bonds. The lowest BCUT2D eigenvalue weighted by Crippen LogP contribution is -2.48. The van der Waals surface area contributed by atoms with Crippen molar-refractivity contribution in [2.24, 2.45) is 11.8 Å². The number of rotatable bonds is 1. The molecule has 1 saturated carbocycles. The van der Waals surface area contributed by atoms with Crippen molar-refractivity contribution < 1.29 is 5.11 Å². The predicted octanol–water partition coefficient (Wildman–Crippen LogP) is 3.69. The minimum Gasteiger partial charge on any atom is -0.389 e. The van der Waals surface area contributed by atoms with Gasteiger partial charge in [0.15, 0.2) is 0 Å². The summed E-state index contributed by atoms with van der Waals surface area (Å²) in [5.74, 6) is 1.27. The predicted molar refractivity (Wildman–Crippen MR) is 77.0 cm³/mol. The summed E-state index contributed by atoms with van der Waals surface area (Å²) < 4.78 is 0. The Bertz CT molecular complexity index is 458. The maximum atomic E-state index is 11.3. The van der Waals surface area contributed by atoms with Crippen molar-refractivity contribution in [3.8, 4) is 0 Å². The Hall–Kier alpha value is -0.890. The third-order valence-corrected chi connectivity index (χ3v) is 5.42. The van der Waals surface area contributed by atoms with Crippen LogP contribution in [0.5, 0.6) is 0 Å². The molecule has 1 aromatic heterocycles. The molecule has 0 radical (unpaired) electrons. The second-order valence-corrected chi connectivity index (χ2v) is 6.77. The van der Waals surface area contributed by atoms with Crippen LogP contribution in [0.3, 0.4) is 0 Å². The van der Waals surface area contributed by atoms with Gasteiger partial charge in [-0.1, -0.05) is 26.3 Å². The van der Waals surface area contributed by atoms with E-state index in [1.165, 1.54) is 24.1 Å². The summed E-state index contributed by atoms with van der Waals surface area (Å²) in [5.41, 5.74) is 2.00. The minimum absolute atomic E-state index is 0.246. The fourth-order valence-corrected chi connectivity index (χ4v) is 4.23. The zero-order chi connectivity index (χ0) is 13.5. The SMILES string of the molecule is CC1CCC(C)C(O)(C2CCCc3cccnc32)C1. The monoisotopic (exact) mass is 259 g/mol. The molecule has 0 aliphatic heterocycles. The standard InChI is InChI=1S/C17H25NO/c1-12-8-9-13(2)17(19,11-12)15-7-3-5-14-6-4-10-18-16(14)15/h4,6,10,12-13,15,19H,3,5,7-9,11H2,1-2H3. The van der Waals surface area contributed by atoms with Gasteiger partial charge < -0.3 is 5.11 Å². The van der Waals surface area contributed by atoms with E-state index < -0.39 is 5.60 Å². The average molecular weight is 259 g/mol. The van der Waals surface area contributed by atoms with Gasteiger partial charge in [-0.3, -0.25) is 4.98 Å². The van der Waals surface area contributed by atoms with E-state index in [0.717, 1.165) is 25.7 Å². The smallest absolute Gasteiger partial charge is 0.0759 e. The summed E-state index contributed by atoms with van der Waals surface area (Å²) in [4.78, 5) is 4.62. The molecule has 1 fully saturated rings. The van der Waals surface area contributed by atoms with Crippen molar-refractivity contribution in [2.45, 2.75) is 63.9 Å². The van der Waals surface area contributed by atoms with Crippen LogP contribution in [0.1, 0.15) is 63.1 Å². The lowest BCUT2D eigenvalue weighted by molar-refractivity contribution is -0.0827. The van der Waals surface area contributed by atoms with Crippen molar-refractivity contribution in [1.29, 1.82) is 0 Å². The highest BCUT2D eigenvalue weighted by Gasteiger charge is 2.47. The third-order valence-electron chi connectivity index (χ3n) is 5.42. The molecule has 0 aromatic carbocycles. The number of hydrogen-bond donors (Lipinski definition) is 1. The van der Waals surface area contributed by atoms with Crippen LogP contribution in [-0.2, 0) is 6.42 Å². The molecule has 0 spiro atoms. The zero-order valence-electron chi connectivity index (χ0n) is 12.1. The fourth-order valence-electron chi connectivity index (χ4n) is 4.23. The zero-order valence-corrected chi connectivity index (χ0v) is 12.1. The van der Waals surface area contributed by atoms with E-state index in [-0.39, 0.29) is 5.92 Å². The molecule has 3 rings (SSSR count). The van der Waals surface area contributed by atoms with Gasteiger partial charge in [-0.15, -0.1) is 0 Å². The van der Waals surface area contributed by atoms with E-state index in [2.05, 4.69) is 24.9 Å². The number of aliphatic hydroxyl groups is 1. The Morgan fingerprint density at radius 1 is 1.26 bits per heavy atom. The van der Waals surface area contributed by atoms with Gasteiger partial charge in [0.2, 0.25) is 0 Å².